The second-order valence-corrected chi connectivity index (χ2v) is 5.70. The Bertz CT molecular complexity index is 706. The third-order valence-corrected chi connectivity index (χ3v) is 4.10. The number of carbonyl (C=O) groups excluding carboxylic acids is 2. The quantitative estimate of drug-likeness (QED) is 0.614. The predicted octanol–water partition coefficient (Wildman–Crippen LogP) is 2.66. The average Bonchev–Trinajstić information content (AvgIpc) is 2.97. The van der Waals surface area contributed by atoms with Crippen molar-refractivity contribution >= 4 is 17.5 Å². The number of ether oxygens (including phenoxy) is 2. The van der Waals surface area contributed by atoms with Gasteiger partial charge in [0.05, 0.1) is 13.2 Å². The number of carbonyl (C=O) groups is 2. The summed E-state index contributed by atoms with van der Waals surface area (Å²) in [6.45, 7) is 2.11. The van der Waals surface area contributed by atoms with Crippen LogP contribution in [0.1, 0.15) is 25.0 Å². The molecule has 26 heavy (non-hydrogen) atoms. The molecule has 0 saturated heterocycles. The Morgan fingerprint density at radius 3 is 2.15 bits per heavy atom. The molecule has 0 amide bonds. The molecule has 1 atom stereocenters. The molecule has 8 heteroatoms. The number of alkyl halides is 3. The van der Waals surface area contributed by atoms with E-state index in [9.17, 15) is 27.9 Å². The van der Waals surface area contributed by atoms with Crippen molar-refractivity contribution in [3.8, 4) is 0 Å². The van der Waals surface area contributed by atoms with Crippen LogP contribution < -0.4 is 0 Å². The molecule has 2 rings (SSSR count). The molecule has 1 N–H and O–H groups in total. The van der Waals surface area contributed by atoms with Gasteiger partial charge < -0.3 is 14.6 Å². The summed E-state index contributed by atoms with van der Waals surface area (Å²) in [6, 6.07) is 6.30. The number of hydrogen-bond acceptors (Lipinski definition) is 5. The molecule has 0 aromatic heterocycles. The number of fused-ring (bicyclic) bond motifs is 1. The van der Waals surface area contributed by atoms with Crippen molar-refractivity contribution in [1.82, 2.24) is 0 Å². The number of allylic oxidation sites excluding steroid dienone is 1. The van der Waals surface area contributed by atoms with Crippen molar-refractivity contribution in [3.05, 3.63) is 41.5 Å². The topological polar surface area (TPSA) is 72.8 Å². The van der Waals surface area contributed by atoms with E-state index in [1.165, 1.54) is 26.0 Å². The SMILES string of the molecule is CCOC(=O)C(O)(C(=O)OCC)C(C1=CCc2ccccc21)C(F)(F)F. The monoisotopic (exact) mass is 372 g/mol. The van der Waals surface area contributed by atoms with E-state index >= 15 is 0 Å². The molecular weight excluding hydrogens is 353 g/mol. The normalized spacial score (nSPS) is 15.1. The fourth-order valence-electron chi connectivity index (χ4n) is 3.02. The van der Waals surface area contributed by atoms with Crippen LogP contribution in [-0.2, 0) is 25.5 Å². The lowest BCUT2D eigenvalue weighted by atomic mass is 9.79. The first-order valence-corrected chi connectivity index (χ1v) is 8.09. The Kier molecular flexibility index (Phi) is 5.75. The van der Waals surface area contributed by atoms with Crippen molar-refractivity contribution in [2.24, 2.45) is 5.92 Å². The van der Waals surface area contributed by atoms with Crippen molar-refractivity contribution in [1.29, 1.82) is 0 Å². The first kappa shape index (κ1) is 20.0. The molecule has 0 saturated carbocycles. The summed E-state index contributed by atoms with van der Waals surface area (Å²) in [5, 5.41) is 10.7. The van der Waals surface area contributed by atoms with E-state index in [0.29, 0.717) is 5.56 Å². The van der Waals surface area contributed by atoms with Crippen LogP contribution in [0.2, 0.25) is 0 Å². The first-order chi connectivity index (χ1) is 12.2. The molecule has 0 bridgehead atoms. The van der Waals surface area contributed by atoms with Gasteiger partial charge in [0.25, 0.3) is 5.60 Å². The summed E-state index contributed by atoms with van der Waals surface area (Å²) in [6.07, 6.45) is -3.65. The van der Waals surface area contributed by atoms with Gasteiger partial charge in [0, 0.05) is 0 Å². The van der Waals surface area contributed by atoms with E-state index in [4.69, 9.17) is 0 Å². The van der Waals surface area contributed by atoms with Gasteiger partial charge in [-0.2, -0.15) is 13.2 Å². The molecule has 5 nitrogen and oxygen atoms in total. The molecule has 0 radical (unpaired) electrons. The van der Waals surface area contributed by atoms with Crippen molar-refractivity contribution < 1.29 is 37.3 Å². The van der Waals surface area contributed by atoms with E-state index in [0.717, 1.165) is 0 Å². The van der Waals surface area contributed by atoms with Gasteiger partial charge in [0.15, 0.2) is 0 Å². The van der Waals surface area contributed by atoms with Gasteiger partial charge in [0.1, 0.15) is 5.92 Å². The molecule has 1 aromatic carbocycles. The maximum atomic E-state index is 13.9. The number of halogens is 3. The average molecular weight is 372 g/mol. The van der Waals surface area contributed by atoms with Gasteiger partial charge >= 0.3 is 18.1 Å². The standard InChI is InChI=1S/C18H19F3O5/c1-3-25-15(22)17(24,16(23)26-4-2)14(18(19,20)21)13-10-9-11-7-5-6-8-12(11)13/h5-8,10,14,24H,3-4,9H2,1-2H3. The summed E-state index contributed by atoms with van der Waals surface area (Å²) in [5.41, 5.74) is -3.06. The van der Waals surface area contributed by atoms with Gasteiger partial charge in [-0.05, 0) is 37.0 Å². The molecular formula is C18H19F3O5. The lowest BCUT2D eigenvalue weighted by molar-refractivity contribution is -0.227. The first-order valence-electron chi connectivity index (χ1n) is 8.09. The Balaban J connectivity index is 2.63. The van der Waals surface area contributed by atoms with Crippen LogP contribution in [0.25, 0.3) is 5.57 Å². The predicted molar refractivity (Wildman–Crippen MR) is 85.9 cm³/mol. The Labute approximate surface area is 148 Å². The molecule has 1 aliphatic rings. The number of benzene rings is 1. The molecule has 1 aliphatic carbocycles. The van der Waals surface area contributed by atoms with E-state index in [1.54, 1.807) is 18.2 Å². The molecule has 0 aliphatic heterocycles. The summed E-state index contributed by atoms with van der Waals surface area (Å²) in [4.78, 5) is 24.5. The Hall–Kier alpha value is -2.35. The van der Waals surface area contributed by atoms with Gasteiger partial charge in [-0.1, -0.05) is 30.3 Å². The van der Waals surface area contributed by atoms with Gasteiger partial charge in [-0.25, -0.2) is 9.59 Å². The van der Waals surface area contributed by atoms with Crippen molar-refractivity contribution in [2.75, 3.05) is 13.2 Å². The number of esters is 2. The molecule has 0 heterocycles. The van der Waals surface area contributed by atoms with Gasteiger partial charge in [0.2, 0.25) is 0 Å². The Morgan fingerprint density at radius 1 is 1.12 bits per heavy atom. The van der Waals surface area contributed by atoms with Crippen LogP contribution in [0.5, 0.6) is 0 Å². The summed E-state index contributed by atoms with van der Waals surface area (Å²) < 4.78 is 51.0. The molecule has 0 fully saturated rings. The number of rotatable bonds is 6. The van der Waals surface area contributed by atoms with Crippen molar-refractivity contribution in [3.63, 3.8) is 0 Å². The summed E-state index contributed by atoms with van der Waals surface area (Å²) >= 11 is 0. The molecule has 0 spiro atoms. The zero-order valence-corrected chi connectivity index (χ0v) is 14.3. The second-order valence-electron chi connectivity index (χ2n) is 5.70. The van der Waals surface area contributed by atoms with Crippen LogP contribution in [0.3, 0.4) is 0 Å². The largest absolute Gasteiger partial charge is 0.463 e. The smallest absolute Gasteiger partial charge is 0.399 e. The minimum Gasteiger partial charge on any atom is -0.463 e. The fraction of sp³-hybridized carbons (Fsp3) is 0.444. The van der Waals surface area contributed by atoms with Crippen LogP contribution in [0.15, 0.2) is 30.3 Å². The van der Waals surface area contributed by atoms with E-state index < -0.39 is 29.6 Å². The molecule has 1 unspecified atom stereocenters. The Morgan fingerprint density at radius 2 is 1.65 bits per heavy atom. The highest BCUT2D eigenvalue weighted by atomic mass is 19.4. The molecule has 142 valence electrons. The van der Waals surface area contributed by atoms with E-state index in [-0.39, 0.29) is 30.8 Å². The van der Waals surface area contributed by atoms with Gasteiger partial charge in [-0.15, -0.1) is 0 Å². The van der Waals surface area contributed by atoms with Crippen LogP contribution in [0, 0.1) is 5.92 Å². The highest BCUT2D eigenvalue weighted by Gasteiger charge is 2.65. The zero-order chi connectivity index (χ0) is 19.5. The maximum Gasteiger partial charge on any atom is 0.399 e. The summed E-state index contributed by atoms with van der Waals surface area (Å²) in [5.74, 6) is -6.19. The minimum atomic E-state index is -5.10. The van der Waals surface area contributed by atoms with E-state index in [1.807, 2.05) is 0 Å². The zero-order valence-electron chi connectivity index (χ0n) is 14.3. The third kappa shape index (κ3) is 3.46. The third-order valence-electron chi connectivity index (χ3n) is 4.10. The van der Waals surface area contributed by atoms with Crippen molar-refractivity contribution in [2.45, 2.75) is 32.0 Å². The minimum absolute atomic E-state index is 0.194. The van der Waals surface area contributed by atoms with E-state index in [2.05, 4.69) is 9.47 Å². The highest BCUT2D eigenvalue weighted by Crippen LogP contribution is 2.47. The molecule has 1 aromatic rings. The number of aliphatic hydroxyl groups is 1. The van der Waals surface area contributed by atoms with Gasteiger partial charge in [-0.3, -0.25) is 0 Å². The lowest BCUT2D eigenvalue weighted by Crippen LogP contribution is -2.59. The number of hydrogen-bond donors (Lipinski definition) is 1. The summed E-state index contributed by atoms with van der Waals surface area (Å²) in [7, 11) is 0. The lowest BCUT2D eigenvalue weighted by Gasteiger charge is -2.34. The van der Waals surface area contributed by atoms with Crippen LogP contribution in [-0.4, -0.2) is 42.0 Å². The maximum absolute atomic E-state index is 13.9. The van der Waals surface area contributed by atoms with Crippen LogP contribution >= 0.6 is 0 Å². The second kappa shape index (κ2) is 7.49. The van der Waals surface area contributed by atoms with Crippen LogP contribution in [0.4, 0.5) is 13.2 Å². The highest BCUT2D eigenvalue weighted by molar-refractivity contribution is 6.06. The fourth-order valence-corrected chi connectivity index (χ4v) is 3.02.